The minimum absolute atomic E-state index is 0.0139. The molecular formula is C25H34N4O2. The van der Waals surface area contributed by atoms with Gasteiger partial charge in [-0.3, -0.25) is 14.0 Å². The van der Waals surface area contributed by atoms with Crippen LogP contribution in [0.15, 0.2) is 24.4 Å². The predicted molar refractivity (Wildman–Crippen MR) is 120 cm³/mol. The lowest BCUT2D eigenvalue weighted by Gasteiger charge is -2.60. The van der Waals surface area contributed by atoms with Gasteiger partial charge in [-0.2, -0.15) is 0 Å². The van der Waals surface area contributed by atoms with Crippen molar-refractivity contribution in [1.29, 1.82) is 0 Å². The van der Waals surface area contributed by atoms with Crippen LogP contribution in [0.25, 0.3) is 5.65 Å². The van der Waals surface area contributed by atoms with Crippen molar-refractivity contribution in [2.45, 2.75) is 71.3 Å². The van der Waals surface area contributed by atoms with Gasteiger partial charge in [0, 0.05) is 18.8 Å². The predicted octanol–water partition coefficient (Wildman–Crippen LogP) is 3.74. The molecule has 0 saturated heterocycles. The van der Waals surface area contributed by atoms with E-state index in [0.717, 1.165) is 31.2 Å². The topological polar surface area (TPSA) is 75.5 Å². The Labute approximate surface area is 184 Å². The van der Waals surface area contributed by atoms with Crippen molar-refractivity contribution in [3.8, 4) is 0 Å². The third kappa shape index (κ3) is 3.85. The molecule has 31 heavy (non-hydrogen) atoms. The zero-order valence-electron chi connectivity index (χ0n) is 18.7. The average molecular weight is 423 g/mol. The maximum absolute atomic E-state index is 13.0. The molecule has 2 aromatic heterocycles. The Balaban J connectivity index is 1.24. The summed E-state index contributed by atoms with van der Waals surface area (Å²) in [5.74, 6) is 2.11. The van der Waals surface area contributed by atoms with E-state index in [1.807, 2.05) is 28.8 Å². The zero-order valence-corrected chi connectivity index (χ0v) is 18.7. The second kappa shape index (κ2) is 7.95. The molecule has 0 spiro atoms. The maximum atomic E-state index is 13.0. The van der Waals surface area contributed by atoms with Crippen LogP contribution >= 0.6 is 0 Å². The van der Waals surface area contributed by atoms with Gasteiger partial charge in [0.15, 0.2) is 0 Å². The Hall–Kier alpha value is -2.37. The molecule has 0 aliphatic heterocycles. The molecule has 2 unspecified atom stereocenters. The second-order valence-corrected chi connectivity index (χ2v) is 10.5. The number of carbonyl (C=O) groups is 2. The molecule has 0 radical (unpaired) electrons. The molecule has 4 aliphatic rings. The highest BCUT2D eigenvalue weighted by atomic mass is 16.2. The summed E-state index contributed by atoms with van der Waals surface area (Å²) in [5, 5.41) is 6.30. The van der Waals surface area contributed by atoms with Gasteiger partial charge in [0.1, 0.15) is 11.3 Å². The minimum Gasteiger partial charge on any atom is -0.353 e. The van der Waals surface area contributed by atoms with Crippen LogP contribution in [0.2, 0.25) is 0 Å². The summed E-state index contributed by atoms with van der Waals surface area (Å²) in [4.78, 5) is 30.0. The first kappa shape index (κ1) is 20.5. The summed E-state index contributed by atoms with van der Waals surface area (Å²) in [6.07, 6.45) is 10.4. The molecule has 6 heteroatoms. The van der Waals surface area contributed by atoms with Gasteiger partial charge >= 0.3 is 0 Å². The van der Waals surface area contributed by atoms with Gasteiger partial charge in [-0.15, -0.1) is 0 Å². The second-order valence-electron chi connectivity index (χ2n) is 10.5. The average Bonchev–Trinajstić information content (AvgIpc) is 3.40. The van der Waals surface area contributed by atoms with Crippen LogP contribution in [0.5, 0.6) is 0 Å². The first-order valence-corrected chi connectivity index (χ1v) is 12.0. The fourth-order valence-corrected chi connectivity index (χ4v) is 6.37. The van der Waals surface area contributed by atoms with Crippen LogP contribution in [0.3, 0.4) is 0 Å². The zero-order chi connectivity index (χ0) is 21.6. The Morgan fingerprint density at radius 3 is 2.71 bits per heavy atom. The normalized spacial score (nSPS) is 27.1. The first-order valence-electron chi connectivity index (χ1n) is 12.0. The van der Waals surface area contributed by atoms with Gasteiger partial charge in [-0.05, 0) is 67.4 Å². The lowest BCUT2D eigenvalue weighted by molar-refractivity contribution is -0.121. The Morgan fingerprint density at radius 1 is 1.16 bits per heavy atom. The number of imidazole rings is 1. The molecule has 6 rings (SSSR count). The summed E-state index contributed by atoms with van der Waals surface area (Å²) < 4.78 is 1.82. The summed E-state index contributed by atoms with van der Waals surface area (Å²) >= 11 is 0. The SMILES string of the molecule is CC1(C)C2CC[C@H](CNC(=O)c3cccc4nc(CC(=O)NC5CCCC5)cn34)C1C2. The maximum Gasteiger partial charge on any atom is 0.268 e. The molecule has 0 aromatic carbocycles. The highest BCUT2D eigenvalue weighted by molar-refractivity contribution is 5.93. The van der Waals surface area contributed by atoms with Gasteiger partial charge in [-0.1, -0.05) is 32.8 Å². The number of carbonyl (C=O) groups excluding carboxylic acids is 2. The molecule has 4 saturated carbocycles. The van der Waals surface area contributed by atoms with E-state index in [4.69, 9.17) is 0 Å². The van der Waals surface area contributed by atoms with Crippen molar-refractivity contribution < 1.29 is 9.59 Å². The third-order valence-corrected chi connectivity index (χ3v) is 8.36. The molecule has 4 aliphatic carbocycles. The molecule has 2 bridgehead atoms. The molecule has 166 valence electrons. The number of hydrogen-bond acceptors (Lipinski definition) is 3. The van der Waals surface area contributed by atoms with Gasteiger partial charge in [0.2, 0.25) is 5.91 Å². The first-order chi connectivity index (χ1) is 14.9. The summed E-state index contributed by atoms with van der Waals surface area (Å²) in [7, 11) is 0. The van der Waals surface area contributed by atoms with E-state index in [1.54, 1.807) is 0 Å². The number of nitrogens with zero attached hydrogens (tertiary/aromatic N) is 2. The highest BCUT2D eigenvalue weighted by Gasteiger charge is 2.53. The standard InChI is InChI=1S/C25H34N4O2/c1-25(2)17-11-10-16(20(25)12-17)14-26-24(31)21-8-5-9-22-27-19(15-29(21)22)13-23(30)28-18-6-3-4-7-18/h5,8-9,15-18,20H,3-4,6-7,10-14H2,1-2H3,(H,26,31)(H,28,30)/t16-,17?,20?/m1/s1. The van der Waals surface area contributed by atoms with Crippen molar-refractivity contribution in [3.05, 3.63) is 35.8 Å². The Morgan fingerprint density at radius 2 is 1.97 bits per heavy atom. The Kier molecular flexibility index (Phi) is 5.27. The van der Waals surface area contributed by atoms with Crippen molar-refractivity contribution in [2.75, 3.05) is 6.54 Å². The monoisotopic (exact) mass is 422 g/mol. The summed E-state index contributed by atoms with van der Waals surface area (Å²) in [6.45, 7) is 5.51. The van der Waals surface area contributed by atoms with Gasteiger partial charge < -0.3 is 10.6 Å². The van der Waals surface area contributed by atoms with Crippen LogP contribution in [0.4, 0.5) is 0 Å². The van der Waals surface area contributed by atoms with E-state index < -0.39 is 0 Å². The number of hydrogen-bond donors (Lipinski definition) is 2. The van der Waals surface area contributed by atoms with Crippen molar-refractivity contribution in [2.24, 2.45) is 23.2 Å². The minimum atomic E-state index is -0.0655. The van der Waals surface area contributed by atoms with E-state index in [1.165, 1.54) is 32.1 Å². The van der Waals surface area contributed by atoms with E-state index in [2.05, 4.69) is 29.5 Å². The number of fused-ring (bicyclic) bond motifs is 3. The van der Waals surface area contributed by atoms with Crippen LogP contribution in [0.1, 0.15) is 75.0 Å². The van der Waals surface area contributed by atoms with E-state index in [-0.39, 0.29) is 18.2 Å². The van der Waals surface area contributed by atoms with Crippen molar-refractivity contribution in [3.63, 3.8) is 0 Å². The molecule has 2 N–H and O–H groups in total. The van der Waals surface area contributed by atoms with E-state index in [9.17, 15) is 9.59 Å². The van der Waals surface area contributed by atoms with Crippen LogP contribution < -0.4 is 10.6 Å². The fraction of sp³-hybridized carbons (Fsp3) is 0.640. The van der Waals surface area contributed by atoms with Crippen LogP contribution in [-0.2, 0) is 11.2 Å². The lowest BCUT2D eigenvalue weighted by atomic mass is 9.45. The highest BCUT2D eigenvalue weighted by Crippen LogP contribution is 2.61. The number of pyridine rings is 1. The molecule has 6 nitrogen and oxygen atoms in total. The quantitative estimate of drug-likeness (QED) is 0.745. The smallest absolute Gasteiger partial charge is 0.268 e. The molecule has 4 fully saturated rings. The van der Waals surface area contributed by atoms with E-state index >= 15 is 0 Å². The molecule has 2 aromatic rings. The number of amides is 2. The van der Waals surface area contributed by atoms with Crippen LogP contribution in [-0.4, -0.2) is 33.8 Å². The van der Waals surface area contributed by atoms with Crippen LogP contribution in [0, 0.1) is 23.2 Å². The number of aromatic nitrogens is 2. The lowest BCUT2D eigenvalue weighted by Crippen LogP contribution is -2.54. The fourth-order valence-electron chi connectivity index (χ4n) is 6.37. The third-order valence-electron chi connectivity index (χ3n) is 8.36. The number of rotatable bonds is 6. The van der Waals surface area contributed by atoms with E-state index in [0.29, 0.717) is 34.4 Å². The van der Waals surface area contributed by atoms with Gasteiger partial charge in [0.25, 0.3) is 5.91 Å². The van der Waals surface area contributed by atoms with Crippen molar-refractivity contribution >= 4 is 17.5 Å². The van der Waals surface area contributed by atoms with Crippen molar-refractivity contribution in [1.82, 2.24) is 20.0 Å². The van der Waals surface area contributed by atoms with Gasteiger partial charge in [0.05, 0.1) is 12.1 Å². The summed E-state index contributed by atoms with van der Waals surface area (Å²) in [5.41, 5.74) is 2.41. The number of nitrogens with one attached hydrogen (secondary N) is 2. The molecule has 2 amide bonds. The van der Waals surface area contributed by atoms with Gasteiger partial charge in [-0.25, -0.2) is 4.98 Å². The molecule has 3 atom stereocenters. The summed E-state index contributed by atoms with van der Waals surface area (Å²) in [6, 6.07) is 5.88. The Bertz CT molecular complexity index is 987. The largest absolute Gasteiger partial charge is 0.353 e. The molecule has 2 heterocycles. The molecular weight excluding hydrogens is 388 g/mol.